The SMILES string of the molecule is O=C1NC(c2ccc(Cl)cc2Cl)C(C(=O)NCCc2ccc(O)cc2)c2ccccc21. The van der Waals surface area contributed by atoms with Gasteiger partial charge in [-0.2, -0.15) is 0 Å². The van der Waals surface area contributed by atoms with Crippen molar-refractivity contribution in [3.63, 3.8) is 0 Å². The van der Waals surface area contributed by atoms with Crippen LogP contribution in [0.4, 0.5) is 0 Å². The minimum Gasteiger partial charge on any atom is -0.508 e. The summed E-state index contributed by atoms with van der Waals surface area (Å²) in [4.78, 5) is 26.0. The monoisotopic (exact) mass is 454 g/mol. The van der Waals surface area contributed by atoms with E-state index in [0.29, 0.717) is 39.7 Å². The van der Waals surface area contributed by atoms with Gasteiger partial charge >= 0.3 is 0 Å². The number of carbonyl (C=O) groups excluding carboxylic acids is 2. The molecule has 5 nitrogen and oxygen atoms in total. The first kappa shape index (κ1) is 21.2. The van der Waals surface area contributed by atoms with Crippen LogP contribution in [-0.4, -0.2) is 23.5 Å². The van der Waals surface area contributed by atoms with Crippen molar-refractivity contribution in [3.05, 3.63) is 99.0 Å². The topological polar surface area (TPSA) is 78.4 Å². The van der Waals surface area contributed by atoms with Crippen molar-refractivity contribution in [2.75, 3.05) is 6.54 Å². The van der Waals surface area contributed by atoms with Gasteiger partial charge in [-0.1, -0.05) is 59.6 Å². The van der Waals surface area contributed by atoms with E-state index in [2.05, 4.69) is 10.6 Å². The Labute approximate surface area is 190 Å². The quantitative estimate of drug-likeness (QED) is 0.525. The molecule has 0 radical (unpaired) electrons. The van der Waals surface area contributed by atoms with E-state index in [1.54, 1.807) is 48.5 Å². The van der Waals surface area contributed by atoms with Crippen molar-refractivity contribution in [1.29, 1.82) is 0 Å². The Balaban J connectivity index is 1.61. The second-order valence-electron chi connectivity index (χ2n) is 7.39. The van der Waals surface area contributed by atoms with Crippen LogP contribution in [-0.2, 0) is 11.2 Å². The van der Waals surface area contributed by atoms with Gasteiger partial charge in [-0.25, -0.2) is 0 Å². The smallest absolute Gasteiger partial charge is 0.252 e. The summed E-state index contributed by atoms with van der Waals surface area (Å²) < 4.78 is 0. The third-order valence-electron chi connectivity index (χ3n) is 5.39. The van der Waals surface area contributed by atoms with Gasteiger partial charge in [0.1, 0.15) is 5.75 Å². The molecule has 7 heteroatoms. The number of hydrogen-bond acceptors (Lipinski definition) is 3. The lowest BCUT2D eigenvalue weighted by molar-refractivity contribution is -0.123. The molecule has 1 aliphatic heterocycles. The van der Waals surface area contributed by atoms with Gasteiger partial charge in [0, 0.05) is 22.2 Å². The number of phenolic OH excluding ortho intramolecular Hbond substituents is 1. The fourth-order valence-electron chi connectivity index (χ4n) is 3.86. The van der Waals surface area contributed by atoms with Gasteiger partial charge in [0.15, 0.2) is 0 Å². The number of hydrogen-bond donors (Lipinski definition) is 3. The second-order valence-corrected chi connectivity index (χ2v) is 8.23. The molecule has 1 aliphatic rings. The number of halogens is 2. The molecule has 158 valence electrons. The summed E-state index contributed by atoms with van der Waals surface area (Å²) >= 11 is 12.5. The number of phenols is 1. The van der Waals surface area contributed by atoms with Crippen molar-refractivity contribution in [1.82, 2.24) is 10.6 Å². The van der Waals surface area contributed by atoms with Crippen LogP contribution in [0.3, 0.4) is 0 Å². The number of carbonyl (C=O) groups is 2. The molecule has 2 unspecified atom stereocenters. The summed E-state index contributed by atoms with van der Waals surface area (Å²) in [5, 5.41) is 16.2. The van der Waals surface area contributed by atoms with Gasteiger partial charge in [-0.05, 0) is 53.4 Å². The van der Waals surface area contributed by atoms with E-state index in [1.165, 1.54) is 0 Å². The van der Waals surface area contributed by atoms with E-state index < -0.39 is 12.0 Å². The Kier molecular flexibility index (Phi) is 6.16. The van der Waals surface area contributed by atoms with Crippen LogP contribution in [0.2, 0.25) is 10.0 Å². The highest BCUT2D eigenvalue weighted by Crippen LogP contribution is 2.40. The lowest BCUT2D eigenvalue weighted by Crippen LogP contribution is -2.45. The number of amides is 2. The normalized spacial score (nSPS) is 17.5. The van der Waals surface area contributed by atoms with Crippen LogP contribution in [0.5, 0.6) is 5.75 Å². The standard InChI is InChI=1S/C24H20Cl2N2O3/c25-15-7-10-19(20(26)13-15)22-21(17-3-1-2-4-18(17)23(30)28-22)24(31)27-12-11-14-5-8-16(29)9-6-14/h1-10,13,21-22,29H,11-12H2,(H,27,31)(H,28,30). The molecule has 2 atom stereocenters. The molecule has 31 heavy (non-hydrogen) atoms. The molecule has 0 saturated carbocycles. The van der Waals surface area contributed by atoms with Gasteiger partial charge in [-0.15, -0.1) is 0 Å². The fourth-order valence-corrected chi connectivity index (χ4v) is 4.39. The van der Waals surface area contributed by atoms with Crippen molar-refractivity contribution in [2.24, 2.45) is 0 Å². The molecular formula is C24H20Cl2N2O3. The largest absolute Gasteiger partial charge is 0.508 e. The van der Waals surface area contributed by atoms with Crippen molar-refractivity contribution in [3.8, 4) is 5.75 Å². The summed E-state index contributed by atoms with van der Waals surface area (Å²) in [5.41, 5.74) is 2.76. The van der Waals surface area contributed by atoms with E-state index >= 15 is 0 Å². The average Bonchev–Trinajstić information content (AvgIpc) is 2.75. The van der Waals surface area contributed by atoms with E-state index in [-0.39, 0.29) is 17.6 Å². The zero-order valence-electron chi connectivity index (χ0n) is 16.4. The maximum absolute atomic E-state index is 13.3. The fraction of sp³-hybridized carbons (Fsp3) is 0.167. The van der Waals surface area contributed by atoms with Crippen molar-refractivity contribution < 1.29 is 14.7 Å². The molecule has 0 aliphatic carbocycles. The molecule has 3 aromatic rings. The summed E-state index contributed by atoms with van der Waals surface area (Å²) in [6.45, 7) is 0.414. The van der Waals surface area contributed by atoms with E-state index in [0.717, 1.165) is 5.56 Å². The molecule has 0 bridgehead atoms. The Morgan fingerprint density at radius 3 is 2.48 bits per heavy atom. The van der Waals surface area contributed by atoms with Crippen molar-refractivity contribution >= 4 is 35.0 Å². The first-order chi connectivity index (χ1) is 14.9. The lowest BCUT2D eigenvalue weighted by Gasteiger charge is -2.34. The van der Waals surface area contributed by atoms with Gasteiger partial charge in [0.05, 0.1) is 12.0 Å². The molecule has 0 fully saturated rings. The van der Waals surface area contributed by atoms with Crippen LogP contribution >= 0.6 is 23.2 Å². The molecule has 0 spiro atoms. The molecule has 0 aromatic heterocycles. The zero-order chi connectivity index (χ0) is 22.0. The van der Waals surface area contributed by atoms with E-state index in [9.17, 15) is 14.7 Å². The van der Waals surface area contributed by atoms with Crippen LogP contribution in [0, 0.1) is 0 Å². The summed E-state index contributed by atoms with van der Waals surface area (Å²) in [5.74, 6) is -0.903. The van der Waals surface area contributed by atoms with Crippen LogP contribution < -0.4 is 10.6 Å². The predicted molar refractivity (Wildman–Crippen MR) is 121 cm³/mol. The van der Waals surface area contributed by atoms with Gasteiger partial charge in [-0.3, -0.25) is 9.59 Å². The Bertz CT molecular complexity index is 1130. The average molecular weight is 455 g/mol. The van der Waals surface area contributed by atoms with E-state index in [4.69, 9.17) is 23.2 Å². The molecular weight excluding hydrogens is 435 g/mol. The Morgan fingerprint density at radius 2 is 1.74 bits per heavy atom. The third kappa shape index (κ3) is 4.53. The number of aromatic hydroxyl groups is 1. The highest BCUT2D eigenvalue weighted by atomic mass is 35.5. The molecule has 4 rings (SSSR count). The minimum atomic E-state index is -0.646. The maximum atomic E-state index is 13.3. The summed E-state index contributed by atoms with van der Waals surface area (Å²) in [7, 11) is 0. The van der Waals surface area contributed by atoms with Crippen LogP contribution in [0.25, 0.3) is 0 Å². The Morgan fingerprint density at radius 1 is 1.00 bits per heavy atom. The van der Waals surface area contributed by atoms with Crippen LogP contribution in [0.1, 0.15) is 39.0 Å². The third-order valence-corrected chi connectivity index (χ3v) is 5.95. The Hall–Kier alpha value is -3.02. The first-order valence-corrected chi connectivity index (χ1v) is 10.6. The first-order valence-electron chi connectivity index (χ1n) is 9.84. The van der Waals surface area contributed by atoms with Gasteiger partial charge in [0.2, 0.25) is 5.91 Å². The molecule has 1 heterocycles. The number of rotatable bonds is 5. The molecule has 3 aromatic carbocycles. The number of benzene rings is 3. The molecule has 2 amide bonds. The maximum Gasteiger partial charge on any atom is 0.252 e. The zero-order valence-corrected chi connectivity index (χ0v) is 18.0. The number of nitrogens with one attached hydrogen (secondary N) is 2. The summed E-state index contributed by atoms with van der Waals surface area (Å²) in [6, 6.07) is 18.4. The van der Waals surface area contributed by atoms with Gasteiger partial charge < -0.3 is 15.7 Å². The van der Waals surface area contributed by atoms with Gasteiger partial charge in [0.25, 0.3) is 5.91 Å². The second kappa shape index (κ2) is 9.00. The predicted octanol–water partition coefficient (Wildman–Crippen LogP) is 4.63. The molecule has 3 N–H and O–H groups in total. The summed E-state index contributed by atoms with van der Waals surface area (Å²) in [6.07, 6.45) is 0.610. The van der Waals surface area contributed by atoms with Crippen LogP contribution in [0.15, 0.2) is 66.7 Å². The highest BCUT2D eigenvalue weighted by molar-refractivity contribution is 6.35. The number of fused-ring (bicyclic) bond motifs is 1. The highest BCUT2D eigenvalue weighted by Gasteiger charge is 2.39. The minimum absolute atomic E-state index is 0.199. The van der Waals surface area contributed by atoms with E-state index in [1.807, 2.05) is 18.2 Å². The molecule has 0 saturated heterocycles. The lowest BCUT2D eigenvalue weighted by atomic mass is 9.80. The van der Waals surface area contributed by atoms with Crippen molar-refractivity contribution in [2.45, 2.75) is 18.4 Å².